The van der Waals surface area contributed by atoms with E-state index < -0.39 is 0 Å². The Hall–Kier alpha value is -3.11. The number of rotatable bonds is 12. The van der Waals surface area contributed by atoms with Gasteiger partial charge in [-0.2, -0.15) is 0 Å². The summed E-state index contributed by atoms with van der Waals surface area (Å²) in [6, 6.07) is 11.9. The number of nitrogens with one attached hydrogen (secondary N) is 1. The lowest BCUT2D eigenvalue weighted by atomic mass is 10.2. The first-order valence-corrected chi connectivity index (χ1v) is 11.3. The Kier molecular flexibility index (Phi) is 9.08. The van der Waals surface area contributed by atoms with E-state index in [0.717, 1.165) is 12.0 Å². The molecule has 0 aliphatic rings. The van der Waals surface area contributed by atoms with Crippen molar-refractivity contribution in [3.8, 4) is 22.9 Å². The lowest BCUT2D eigenvalue weighted by molar-refractivity contribution is -0.118. The summed E-state index contributed by atoms with van der Waals surface area (Å²) < 4.78 is 31.6. The zero-order valence-corrected chi connectivity index (χ0v) is 19.7. The zero-order chi connectivity index (χ0) is 23.6. The molecule has 1 aromatic heterocycles. The van der Waals surface area contributed by atoms with Crippen LogP contribution in [0.15, 0.2) is 47.6 Å². The van der Waals surface area contributed by atoms with Gasteiger partial charge in [0, 0.05) is 37.9 Å². The summed E-state index contributed by atoms with van der Waals surface area (Å²) in [7, 11) is 4.81. The summed E-state index contributed by atoms with van der Waals surface area (Å²) in [6.45, 7) is 1.32. The van der Waals surface area contributed by atoms with Crippen molar-refractivity contribution in [3.63, 3.8) is 0 Å². The van der Waals surface area contributed by atoms with Gasteiger partial charge in [0.2, 0.25) is 5.91 Å². The van der Waals surface area contributed by atoms with Gasteiger partial charge in [-0.05, 0) is 30.7 Å². The molecule has 0 spiro atoms. The number of benzene rings is 2. The molecule has 3 aromatic rings. The molecule has 8 nitrogen and oxygen atoms in total. The second-order valence-corrected chi connectivity index (χ2v) is 7.97. The minimum absolute atomic E-state index is 0.128. The van der Waals surface area contributed by atoms with E-state index in [1.807, 2.05) is 22.8 Å². The first kappa shape index (κ1) is 24.5. The van der Waals surface area contributed by atoms with Gasteiger partial charge in [0.15, 0.2) is 22.5 Å². The minimum atomic E-state index is -0.345. The molecule has 0 aliphatic carbocycles. The molecule has 0 unspecified atom stereocenters. The predicted octanol–water partition coefficient (Wildman–Crippen LogP) is 3.55. The van der Waals surface area contributed by atoms with E-state index in [9.17, 15) is 9.18 Å². The van der Waals surface area contributed by atoms with E-state index >= 15 is 0 Å². The fourth-order valence-electron chi connectivity index (χ4n) is 3.17. The minimum Gasteiger partial charge on any atom is -0.493 e. The normalized spacial score (nSPS) is 10.8. The summed E-state index contributed by atoms with van der Waals surface area (Å²) in [6.07, 6.45) is 0.752. The Morgan fingerprint density at radius 1 is 1.09 bits per heavy atom. The Morgan fingerprint density at radius 2 is 1.88 bits per heavy atom. The Bertz CT molecular complexity index is 1080. The number of halogens is 1. The maximum atomic E-state index is 13.8. The highest BCUT2D eigenvalue weighted by Crippen LogP contribution is 2.33. The lowest BCUT2D eigenvalue weighted by Crippen LogP contribution is -2.25. The van der Waals surface area contributed by atoms with Crippen molar-refractivity contribution in [2.24, 2.45) is 0 Å². The molecule has 1 N–H and O–H groups in total. The first-order valence-electron chi connectivity index (χ1n) is 10.3. The summed E-state index contributed by atoms with van der Waals surface area (Å²) >= 11 is 1.27. The molecular formula is C23H27FN4O4S. The largest absolute Gasteiger partial charge is 0.493 e. The molecule has 1 heterocycles. The van der Waals surface area contributed by atoms with Crippen LogP contribution in [0.5, 0.6) is 11.5 Å². The summed E-state index contributed by atoms with van der Waals surface area (Å²) in [5, 5.41) is 12.0. The van der Waals surface area contributed by atoms with Crippen LogP contribution in [0.1, 0.15) is 12.0 Å². The van der Waals surface area contributed by atoms with Crippen LogP contribution in [0, 0.1) is 5.82 Å². The molecule has 0 bridgehead atoms. The highest BCUT2D eigenvalue weighted by Gasteiger charge is 2.17. The van der Waals surface area contributed by atoms with Gasteiger partial charge in [-0.1, -0.05) is 30.0 Å². The number of amides is 1. The van der Waals surface area contributed by atoms with Crippen LogP contribution in [0.2, 0.25) is 0 Å². The van der Waals surface area contributed by atoms with Gasteiger partial charge in [-0.3, -0.25) is 4.79 Å². The molecule has 0 saturated carbocycles. The molecule has 0 fully saturated rings. The first-order chi connectivity index (χ1) is 16.1. The van der Waals surface area contributed by atoms with Gasteiger partial charge >= 0.3 is 0 Å². The maximum Gasteiger partial charge on any atom is 0.230 e. The Morgan fingerprint density at radius 3 is 2.61 bits per heavy atom. The molecule has 0 radical (unpaired) electrons. The molecule has 0 atom stereocenters. The number of carbonyl (C=O) groups is 1. The fraction of sp³-hybridized carbons (Fsp3) is 0.348. The number of aromatic nitrogens is 3. The van der Waals surface area contributed by atoms with Crippen LogP contribution in [0.4, 0.5) is 4.39 Å². The average molecular weight is 475 g/mol. The monoisotopic (exact) mass is 474 g/mol. The smallest absolute Gasteiger partial charge is 0.230 e. The number of carbonyl (C=O) groups excluding carboxylic acids is 1. The number of hydrogen-bond acceptors (Lipinski definition) is 7. The van der Waals surface area contributed by atoms with E-state index in [-0.39, 0.29) is 24.0 Å². The topological polar surface area (TPSA) is 87.5 Å². The number of nitrogens with zero attached hydrogens (tertiary/aromatic N) is 3. The predicted molar refractivity (Wildman–Crippen MR) is 124 cm³/mol. The van der Waals surface area contributed by atoms with Gasteiger partial charge in [0.1, 0.15) is 5.82 Å². The van der Waals surface area contributed by atoms with Crippen LogP contribution in [-0.2, 0) is 22.6 Å². The van der Waals surface area contributed by atoms with Crippen molar-refractivity contribution in [2.45, 2.75) is 24.7 Å². The van der Waals surface area contributed by atoms with E-state index in [4.69, 9.17) is 14.2 Å². The number of thioether (sulfide) groups is 1. The summed E-state index contributed by atoms with van der Waals surface area (Å²) in [5.41, 5.74) is 1.25. The number of hydrogen-bond donors (Lipinski definition) is 1. The van der Waals surface area contributed by atoms with Crippen molar-refractivity contribution in [2.75, 3.05) is 33.7 Å². The van der Waals surface area contributed by atoms with Gasteiger partial charge in [0.05, 0.1) is 20.0 Å². The highest BCUT2D eigenvalue weighted by molar-refractivity contribution is 7.99. The zero-order valence-electron chi connectivity index (χ0n) is 18.8. The molecule has 1 amide bonds. The highest BCUT2D eigenvalue weighted by atomic mass is 32.2. The van der Waals surface area contributed by atoms with Gasteiger partial charge in [-0.25, -0.2) is 4.39 Å². The number of ether oxygens (including phenoxy) is 3. The van der Waals surface area contributed by atoms with Crippen LogP contribution in [-0.4, -0.2) is 54.4 Å². The molecular weight excluding hydrogens is 447 g/mol. The third kappa shape index (κ3) is 6.45. The van der Waals surface area contributed by atoms with Crippen molar-refractivity contribution in [1.29, 1.82) is 0 Å². The summed E-state index contributed by atoms with van der Waals surface area (Å²) in [5.74, 6) is 1.42. The Balaban J connectivity index is 1.73. The van der Waals surface area contributed by atoms with Crippen LogP contribution >= 0.6 is 11.8 Å². The lowest BCUT2D eigenvalue weighted by Gasteiger charge is -2.12. The maximum absolute atomic E-state index is 13.8. The molecule has 33 heavy (non-hydrogen) atoms. The van der Waals surface area contributed by atoms with E-state index in [0.29, 0.717) is 41.2 Å². The molecule has 0 saturated heterocycles. The second-order valence-electron chi connectivity index (χ2n) is 7.03. The van der Waals surface area contributed by atoms with Gasteiger partial charge < -0.3 is 24.1 Å². The van der Waals surface area contributed by atoms with Crippen molar-refractivity contribution in [1.82, 2.24) is 20.1 Å². The van der Waals surface area contributed by atoms with E-state index in [1.54, 1.807) is 39.5 Å². The van der Waals surface area contributed by atoms with Crippen molar-refractivity contribution < 1.29 is 23.4 Å². The molecule has 3 rings (SSSR count). The average Bonchev–Trinajstić information content (AvgIpc) is 3.24. The second kappa shape index (κ2) is 12.2. The molecule has 2 aromatic carbocycles. The van der Waals surface area contributed by atoms with Crippen molar-refractivity contribution >= 4 is 17.7 Å². The van der Waals surface area contributed by atoms with E-state index in [2.05, 4.69) is 15.5 Å². The third-order valence-electron chi connectivity index (χ3n) is 4.85. The fourth-order valence-corrected chi connectivity index (χ4v) is 3.96. The van der Waals surface area contributed by atoms with Crippen LogP contribution in [0.25, 0.3) is 11.4 Å². The SMILES string of the molecule is COCCCn1c(SCC(=O)NCc2ccccc2F)nnc1-c1ccc(OC)c(OC)c1. The Labute approximate surface area is 196 Å². The van der Waals surface area contributed by atoms with Crippen LogP contribution in [0.3, 0.4) is 0 Å². The molecule has 10 heteroatoms. The van der Waals surface area contributed by atoms with Crippen molar-refractivity contribution in [3.05, 3.63) is 53.8 Å². The van der Waals surface area contributed by atoms with E-state index in [1.165, 1.54) is 17.8 Å². The third-order valence-corrected chi connectivity index (χ3v) is 5.82. The van der Waals surface area contributed by atoms with Crippen LogP contribution < -0.4 is 14.8 Å². The van der Waals surface area contributed by atoms with Gasteiger partial charge in [0.25, 0.3) is 0 Å². The standard InChI is InChI=1S/C23H27FN4O4S/c1-30-12-6-11-28-22(16-9-10-19(31-2)20(13-16)32-3)26-27-23(28)33-15-21(29)25-14-17-7-4-5-8-18(17)24/h4-5,7-10,13H,6,11-12,14-15H2,1-3H3,(H,25,29). The molecule has 0 aliphatic heterocycles. The molecule has 176 valence electrons. The quantitative estimate of drug-likeness (QED) is 0.317. The summed E-state index contributed by atoms with van der Waals surface area (Å²) in [4.78, 5) is 12.3. The number of methoxy groups -OCH3 is 3. The van der Waals surface area contributed by atoms with Gasteiger partial charge in [-0.15, -0.1) is 10.2 Å².